The van der Waals surface area contributed by atoms with Crippen molar-refractivity contribution < 1.29 is 4.79 Å². The van der Waals surface area contributed by atoms with E-state index in [1.165, 1.54) is 0 Å². The lowest BCUT2D eigenvalue weighted by Gasteiger charge is -2.12. The van der Waals surface area contributed by atoms with Gasteiger partial charge in [-0.05, 0) is 71.8 Å². The van der Waals surface area contributed by atoms with Gasteiger partial charge in [-0.15, -0.1) is 0 Å². The number of carbonyl (C=O) groups is 1. The molecule has 0 fully saturated rings. The van der Waals surface area contributed by atoms with E-state index in [1.54, 1.807) is 6.07 Å². The average Bonchev–Trinajstić information content (AvgIpc) is 2.38. The number of nitrogens with two attached hydrogens (primary N) is 1. The topological polar surface area (TPSA) is 55.1 Å². The molecule has 0 saturated carbocycles. The number of carbonyl (C=O) groups excluding carboxylic acids is 1. The number of nitrogen functional groups attached to an aromatic ring is 1. The van der Waals surface area contributed by atoms with Crippen molar-refractivity contribution in [2.24, 2.45) is 0 Å². The molecule has 0 aliphatic rings. The first-order valence-electron chi connectivity index (χ1n) is 6.01. The zero-order valence-corrected chi connectivity index (χ0v) is 14.9. The van der Waals surface area contributed by atoms with Gasteiger partial charge in [-0.1, -0.05) is 22.0 Å². The van der Waals surface area contributed by atoms with Crippen LogP contribution in [0.2, 0.25) is 0 Å². The van der Waals surface area contributed by atoms with Gasteiger partial charge in [-0.25, -0.2) is 0 Å². The van der Waals surface area contributed by atoms with E-state index >= 15 is 0 Å². The first kappa shape index (κ1) is 15.3. The summed E-state index contributed by atoms with van der Waals surface area (Å²) in [5.41, 5.74) is 9.96. The summed E-state index contributed by atoms with van der Waals surface area (Å²) in [5, 5.41) is 2.92. The lowest BCUT2D eigenvalue weighted by Crippen LogP contribution is -2.14. The van der Waals surface area contributed by atoms with Crippen molar-refractivity contribution in [3.63, 3.8) is 0 Å². The molecule has 3 nitrogen and oxygen atoms in total. The molecule has 2 aromatic rings. The van der Waals surface area contributed by atoms with Gasteiger partial charge in [0.05, 0.1) is 5.56 Å². The van der Waals surface area contributed by atoms with Gasteiger partial charge in [-0.2, -0.15) is 0 Å². The lowest BCUT2D eigenvalue weighted by atomic mass is 10.1. The minimum Gasteiger partial charge on any atom is -0.398 e. The van der Waals surface area contributed by atoms with Gasteiger partial charge in [-0.3, -0.25) is 4.79 Å². The summed E-state index contributed by atoms with van der Waals surface area (Å²) in [6.07, 6.45) is 0. The maximum Gasteiger partial charge on any atom is 0.256 e. The van der Waals surface area contributed by atoms with Crippen molar-refractivity contribution in [1.29, 1.82) is 0 Å². The molecular formula is C15H14BrIN2O. The Morgan fingerprint density at radius 2 is 1.90 bits per heavy atom. The third-order valence-corrected chi connectivity index (χ3v) is 4.47. The molecule has 2 aromatic carbocycles. The minimum absolute atomic E-state index is 0.137. The van der Waals surface area contributed by atoms with Gasteiger partial charge in [0, 0.05) is 19.4 Å². The van der Waals surface area contributed by atoms with Crippen LogP contribution in [0.5, 0.6) is 0 Å². The maximum atomic E-state index is 12.4. The van der Waals surface area contributed by atoms with Gasteiger partial charge in [0.2, 0.25) is 0 Å². The number of anilines is 2. The number of benzene rings is 2. The molecule has 0 bridgehead atoms. The van der Waals surface area contributed by atoms with Crippen molar-refractivity contribution >= 4 is 55.8 Å². The van der Waals surface area contributed by atoms with Crippen LogP contribution in [-0.4, -0.2) is 5.91 Å². The summed E-state index contributed by atoms with van der Waals surface area (Å²) in [6.45, 7) is 3.90. The standard InChI is InChI=1S/C15H14BrIN2O/c1-8-5-9(2)14(7-13(8)18)19-15(20)11-6-10(16)3-4-12(11)17/h3-7H,18H2,1-2H3,(H,19,20). The summed E-state index contributed by atoms with van der Waals surface area (Å²) < 4.78 is 1.78. The molecule has 0 atom stereocenters. The van der Waals surface area contributed by atoms with E-state index in [0.29, 0.717) is 11.3 Å². The van der Waals surface area contributed by atoms with Crippen LogP contribution in [0.3, 0.4) is 0 Å². The Morgan fingerprint density at radius 3 is 2.60 bits per heavy atom. The molecule has 5 heteroatoms. The number of aryl methyl sites for hydroxylation is 2. The number of nitrogens with one attached hydrogen (secondary N) is 1. The fraction of sp³-hybridized carbons (Fsp3) is 0.133. The van der Waals surface area contributed by atoms with Crippen LogP contribution in [-0.2, 0) is 0 Å². The molecule has 104 valence electrons. The third kappa shape index (κ3) is 3.32. The number of amides is 1. The van der Waals surface area contributed by atoms with E-state index in [9.17, 15) is 4.79 Å². The Hall–Kier alpha value is -1.08. The largest absolute Gasteiger partial charge is 0.398 e. The Labute approximate surface area is 140 Å². The highest BCUT2D eigenvalue weighted by molar-refractivity contribution is 14.1. The van der Waals surface area contributed by atoms with Crippen LogP contribution in [0.1, 0.15) is 21.5 Å². The molecular weight excluding hydrogens is 431 g/mol. The molecule has 3 N–H and O–H groups in total. The molecule has 0 heterocycles. The Balaban J connectivity index is 2.32. The van der Waals surface area contributed by atoms with Gasteiger partial charge in [0.25, 0.3) is 5.91 Å². The molecule has 0 spiro atoms. The van der Waals surface area contributed by atoms with E-state index in [2.05, 4.69) is 43.8 Å². The minimum atomic E-state index is -0.137. The first-order valence-corrected chi connectivity index (χ1v) is 7.89. The van der Waals surface area contributed by atoms with Crippen molar-refractivity contribution in [2.45, 2.75) is 13.8 Å². The first-order chi connectivity index (χ1) is 9.38. The lowest BCUT2D eigenvalue weighted by molar-refractivity contribution is 0.102. The van der Waals surface area contributed by atoms with Crippen LogP contribution in [0.15, 0.2) is 34.8 Å². The second-order valence-electron chi connectivity index (χ2n) is 4.60. The van der Waals surface area contributed by atoms with Gasteiger partial charge in [0.15, 0.2) is 0 Å². The van der Waals surface area contributed by atoms with Crippen LogP contribution in [0.4, 0.5) is 11.4 Å². The predicted molar refractivity (Wildman–Crippen MR) is 95.1 cm³/mol. The third-order valence-electron chi connectivity index (χ3n) is 3.03. The van der Waals surface area contributed by atoms with Crippen LogP contribution in [0.25, 0.3) is 0 Å². The van der Waals surface area contributed by atoms with E-state index < -0.39 is 0 Å². The SMILES string of the molecule is Cc1cc(C)c(NC(=O)c2cc(Br)ccc2I)cc1N. The Kier molecular flexibility index (Phi) is 4.70. The number of halogens is 2. The van der Waals surface area contributed by atoms with Gasteiger partial charge < -0.3 is 11.1 Å². The molecule has 0 aromatic heterocycles. The van der Waals surface area contributed by atoms with Crippen molar-refractivity contribution in [2.75, 3.05) is 11.1 Å². The van der Waals surface area contributed by atoms with Crippen LogP contribution >= 0.6 is 38.5 Å². The quantitative estimate of drug-likeness (QED) is 0.529. The molecule has 1 amide bonds. The van der Waals surface area contributed by atoms with E-state index in [-0.39, 0.29) is 5.91 Å². The van der Waals surface area contributed by atoms with Crippen LogP contribution in [0, 0.1) is 17.4 Å². The maximum absolute atomic E-state index is 12.4. The summed E-state index contributed by atoms with van der Waals surface area (Å²) in [4.78, 5) is 12.4. The molecule has 0 unspecified atom stereocenters. The summed E-state index contributed by atoms with van der Waals surface area (Å²) in [6, 6.07) is 9.39. The molecule has 0 aliphatic carbocycles. The zero-order valence-electron chi connectivity index (χ0n) is 11.1. The highest BCUT2D eigenvalue weighted by Gasteiger charge is 2.12. The smallest absolute Gasteiger partial charge is 0.256 e. The fourth-order valence-electron chi connectivity index (χ4n) is 1.86. The van der Waals surface area contributed by atoms with E-state index in [1.807, 2.05) is 38.1 Å². The normalized spacial score (nSPS) is 10.4. The second kappa shape index (κ2) is 6.13. The average molecular weight is 445 g/mol. The van der Waals surface area contributed by atoms with Crippen molar-refractivity contribution in [1.82, 2.24) is 0 Å². The van der Waals surface area contributed by atoms with Crippen molar-refractivity contribution in [3.8, 4) is 0 Å². The molecule has 0 saturated heterocycles. The van der Waals surface area contributed by atoms with Gasteiger partial charge >= 0.3 is 0 Å². The van der Waals surface area contributed by atoms with E-state index in [4.69, 9.17) is 5.73 Å². The summed E-state index contributed by atoms with van der Waals surface area (Å²) >= 11 is 5.53. The monoisotopic (exact) mass is 444 g/mol. The zero-order chi connectivity index (χ0) is 14.9. The molecule has 2 rings (SSSR count). The number of hydrogen-bond acceptors (Lipinski definition) is 2. The summed E-state index contributed by atoms with van der Waals surface area (Å²) in [5.74, 6) is -0.137. The highest BCUT2D eigenvalue weighted by Crippen LogP contribution is 2.24. The Bertz CT molecular complexity index is 686. The number of rotatable bonds is 2. The van der Waals surface area contributed by atoms with Crippen molar-refractivity contribution in [3.05, 3.63) is 55.1 Å². The van der Waals surface area contributed by atoms with E-state index in [0.717, 1.165) is 24.9 Å². The fourth-order valence-corrected chi connectivity index (χ4v) is 2.81. The predicted octanol–water partition coefficient (Wildman–Crippen LogP) is 4.51. The Morgan fingerprint density at radius 1 is 1.20 bits per heavy atom. The molecule has 0 radical (unpaired) electrons. The second-order valence-corrected chi connectivity index (χ2v) is 6.68. The van der Waals surface area contributed by atoms with Gasteiger partial charge in [0.1, 0.15) is 0 Å². The number of hydrogen-bond donors (Lipinski definition) is 2. The summed E-state index contributed by atoms with van der Waals surface area (Å²) in [7, 11) is 0. The van der Waals surface area contributed by atoms with Crippen LogP contribution < -0.4 is 11.1 Å². The molecule has 20 heavy (non-hydrogen) atoms. The molecule has 0 aliphatic heterocycles. The highest BCUT2D eigenvalue weighted by atomic mass is 127.